The predicted molar refractivity (Wildman–Crippen MR) is 76.9 cm³/mol. The van der Waals surface area contributed by atoms with Gasteiger partial charge in [-0.1, -0.05) is 25.7 Å². The van der Waals surface area contributed by atoms with Gasteiger partial charge in [0.1, 0.15) is 0 Å². The van der Waals surface area contributed by atoms with Crippen LogP contribution in [0.15, 0.2) is 0 Å². The van der Waals surface area contributed by atoms with E-state index in [-0.39, 0.29) is 6.61 Å². The summed E-state index contributed by atoms with van der Waals surface area (Å²) >= 11 is 0. The Balaban J connectivity index is 1.80. The van der Waals surface area contributed by atoms with Gasteiger partial charge in [0.15, 0.2) is 0 Å². The summed E-state index contributed by atoms with van der Waals surface area (Å²) in [5, 5.41) is 8.94. The van der Waals surface area contributed by atoms with E-state index >= 15 is 0 Å². The first-order valence-corrected chi connectivity index (χ1v) is 8.21. The van der Waals surface area contributed by atoms with Crippen molar-refractivity contribution in [3.05, 3.63) is 0 Å². The van der Waals surface area contributed by atoms with Crippen LogP contribution >= 0.6 is 0 Å². The Morgan fingerprint density at radius 2 is 1.79 bits per heavy atom. The molecule has 0 spiro atoms. The number of carbonyl (C=O) groups excluding carboxylic acids is 1. The lowest BCUT2D eigenvalue weighted by atomic mass is 9.95. The molecule has 0 aromatic rings. The lowest BCUT2D eigenvalue weighted by Crippen LogP contribution is -2.36. The van der Waals surface area contributed by atoms with Crippen LogP contribution in [0.5, 0.6) is 0 Å². The second kappa shape index (κ2) is 7.88. The van der Waals surface area contributed by atoms with Crippen molar-refractivity contribution in [1.29, 1.82) is 0 Å². The van der Waals surface area contributed by atoms with Gasteiger partial charge in [-0.05, 0) is 44.4 Å². The van der Waals surface area contributed by atoms with Gasteiger partial charge < -0.3 is 10.0 Å². The van der Waals surface area contributed by atoms with Gasteiger partial charge in [-0.3, -0.25) is 4.79 Å². The monoisotopic (exact) mass is 267 g/mol. The molecule has 2 rings (SSSR count). The summed E-state index contributed by atoms with van der Waals surface area (Å²) in [6.45, 7) is 1.20. The van der Waals surface area contributed by atoms with Crippen LogP contribution in [0.2, 0.25) is 0 Å². The third-order valence-electron chi connectivity index (χ3n) is 4.83. The molecule has 1 aliphatic carbocycles. The fraction of sp³-hybridized carbons (Fsp3) is 0.938. The van der Waals surface area contributed by atoms with E-state index in [9.17, 15) is 4.79 Å². The fourth-order valence-electron chi connectivity index (χ4n) is 3.72. The Morgan fingerprint density at radius 1 is 1.05 bits per heavy atom. The van der Waals surface area contributed by atoms with Gasteiger partial charge in [-0.2, -0.15) is 0 Å². The average molecular weight is 267 g/mol. The lowest BCUT2D eigenvalue weighted by molar-refractivity contribution is -0.133. The number of rotatable bonds is 5. The van der Waals surface area contributed by atoms with Gasteiger partial charge >= 0.3 is 0 Å². The molecule has 1 heterocycles. The van der Waals surface area contributed by atoms with Crippen molar-refractivity contribution in [2.24, 2.45) is 5.92 Å². The zero-order valence-corrected chi connectivity index (χ0v) is 12.1. The van der Waals surface area contributed by atoms with Crippen LogP contribution in [0.4, 0.5) is 0 Å². The largest absolute Gasteiger partial charge is 0.396 e. The summed E-state index contributed by atoms with van der Waals surface area (Å²) in [4.78, 5) is 14.6. The number of hydrogen-bond donors (Lipinski definition) is 1. The Bertz CT molecular complexity index is 272. The van der Waals surface area contributed by atoms with E-state index in [0.717, 1.165) is 38.6 Å². The molecule has 1 saturated heterocycles. The Labute approximate surface area is 117 Å². The molecule has 0 bridgehead atoms. The van der Waals surface area contributed by atoms with Gasteiger partial charge in [0, 0.05) is 25.6 Å². The molecule has 1 amide bonds. The Hall–Kier alpha value is -0.570. The third-order valence-corrected chi connectivity index (χ3v) is 4.83. The van der Waals surface area contributed by atoms with E-state index in [1.807, 2.05) is 0 Å². The quantitative estimate of drug-likeness (QED) is 0.778. The number of aliphatic hydroxyl groups excluding tert-OH is 1. The molecule has 2 fully saturated rings. The van der Waals surface area contributed by atoms with Crippen LogP contribution in [0, 0.1) is 5.92 Å². The van der Waals surface area contributed by atoms with E-state index in [1.165, 1.54) is 38.5 Å². The van der Waals surface area contributed by atoms with Crippen LogP contribution in [0.25, 0.3) is 0 Å². The van der Waals surface area contributed by atoms with E-state index in [1.54, 1.807) is 0 Å². The molecule has 3 nitrogen and oxygen atoms in total. The first-order chi connectivity index (χ1) is 9.31. The maximum absolute atomic E-state index is 12.5. The molecule has 1 unspecified atom stereocenters. The average Bonchev–Trinajstić information content (AvgIpc) is 2.74. The fourth-order valence-corrected chi connectivity index (χ4v) is 3.72. The Kier molecular flexibility index (Phi) is 6.15. The minimum Gasteiger partial charge on any atom is -0.396 e. The topological polar surface area (TPSA) is 40.5 Å². The zero-order valence-electron chi connectivity index (χ0n) is 12.1. The molecule has 1 aliphatic heterocycles. The number of aliphatic hydroxyl groups is 1. The number of hydrogen-bond acceptors (Lipinski definition) is 2. The standard InChI is InChI=1S/C16H29NO2/c18-12-6-10-15-9-5-11-17(15)16(19)13-14-7-3-1-2-4-8-14/h14-15,18H,1-13H2. The highest BCUT2D eigenvalue weighted by atomic mass is 16.3. The zero-order chi connectivity index (χ0) is 13.5. The number of carbonyl (C=O) groups is 1. The van der Waals surface area contributed by atoms with Crippen LogP contribution < -0.4 is 0 Å². The van der Waals surface area contributed by atoms with Crippen LogP contribution in [0.3, 0.4) is 0 Å². The van der Waals surface area contributed by atoms with Crippen molar-refractivity contribution >= 4 is 5.91 Å². The molecular weight excluding hydrogens is 238 g/mol. The van der Waals surface area contributed by atoms with Gasteiger partial charge in [0.05, 0.1) is 0 Å². The molecule has 0 radical (unpaired) electrons. The molecule has 1 atom stereocenters. The van der Waals surface area contributed by atoms with Crippen molar-refractivity contribution in [2.75, 3.05) is 13.2 Å². The molecule has 1 N–H and O–H groups in total. The minimum absolute atomic E-state index is 0.251. The molecule has 0 aromatic heterocycles. The van der Waals surface area contributed by atoms with E-state index < -0.39 is 0 Å². The normalized spacial score (nSPS) is 25.5. The second-order valence-electron chi connectivity index (χ2n) is 6.31. The number of nitrogens with zero attached hydrogens (tertiary/aromatic N) is 1. The molecule has 110 valence electrons. The van der Waals surface area contributed by atoms with Crippen molar-refractivity contribution in [3.8, 4) is 0 Å². The summed E-state index contributed by atoms with van der Waals surface area (Å²) in [6, 6.07) is 0.408. The molecule has 3 heteroatoms. The Morgan fingerprint density at radius 3 is 2.47 bits per heavy atom. The smallest absolute Gasteiger partial charge is 0.223 e. The van der Waals surface area contributed by atoms with Gasteiger partial charge in [-0.25, -0.2) is 0 Å². The summed E-state index contributed by atoms with van der Waals surface area (Å²) in [7, 11) is 0. The maximum Gasteiger partial charge on any atom is 0.223 e. The SMILES string of the molecule is O=C(CC1CCCCCC1)N1CCCC1CCCO. The van der Waals surface area contributed by atoms with Crippen LogP contribution in [0.1, 0.15) is 70.6 Å². The van der Waals surface area contributed by atoms with E-state index in [2.05, 4.69) is 4.90 Å². The summed E-state index contributed by atoms with van der Waals surface area (Å²) < 4.78 is 0. The predicted octanol–water partition coefficient (Wildman–Crippen LogP) is 3.11. The van der Waals surface area contributed by atoms with E-state index in [0.29, 0.717) is 17.9 Å². The molecule has 1 saturated carbocycles. The van der Waals surface area contributed by atoms with Crippen molar-refractivity contribution in [3.63, 3.8) is 0 Å². The highest BCUT2D eigenvalue weighted by Gasteiger charge is 2.29. The highest BCUT2D eigenvalue weighted by molar-refractivity contribution is 5.77. The van der Waals surface area contributed by atoms with Crippen molar-refractivity contribution in [2.45, 2.75) is 76.7 Å². The first kappa shape index (κ1) is 14.8. The molecule has 19 heavy (non-hydrogen) atoms. The molecule has 0 aromatic carbocycles. The van der Waals surface area contributed by atoms with Crippen molar-refractivity contribution < 1.29 is 9.90 Å². The molecular formula is C16H29NO2. The first-order valence-electron chi connectivity index (χ1n) is 8.21. The third kappa shape index (κ3) is 4.48. The van der Waals surface area contributed by atoms with Crippen LogP contribution in [-0.2, 0) is 4.79 Å². The summed E-state index contributed by atoms with van der Waals surface area (Å²) in [6.07, 6.45) is 12.7. The van der Waals surface area contributed by atoms with Gasteiger partial charge in [-0.15, -0.1) is 0 Å². The summed E-state index contributed by atoms with van der Waals surface area (Å²) in [5.41, 5.74) is 0. The van der Waals surface area contributed by atoms with Crippen LogP contribution in [-0.4, -0.2) is 35.1 Å². The summed E-state index contributed by atoms with van der Waals surface area (Å²) in [5.74, 6) is 1.02. The van der Waals surface area contributed by atoms with Gasteiger partial charge in [0.2, 0.25) is 5.91 Å². The molecule has 2 aliphatic rings. The van der Waals surface area contributed by atoms with Crippen molar-refractivity contribution in [1.82, 2.24) is 4.90 Å². The lowest BCUT2D eigenvalue weighted by Gasteiger charge is -2.26. The van der Waals surface area contributed by atoms with E-state index in [4.69, 9.17) is 5.11 Å². The number of amides is 1. The second-order valence-corrected chi connectivity index (χ2v) is 6.31. The highest BCUT2D eigenvalue weighted by Crippen LogP contribution is 2.28. The minimum atomic E-state index is 0.251. The van der Waals surface area contributed by atoms with Gasteiger partial charge in [0.25, 0.3) is 0 Å². The number of likely N-dealkylation sites (tertiary alicyclic amines) is 1. The maximum atomic E-state index is 12.5.